The van der Waals surface area contributed by atoms with E-state index in [1.165, 1.54) is 27.6 Å². The molecule has 0 saturated carbocycles. The summed E-state index contributed by atoms with van der Waals surface area (Å²) in [5, 5.41) is 9.80. The number of rotatable bonds is 2. The molecule has 2 heterocycles. The van der Waals surface area contributed by atoms with Gasteiger partial charge in [-0.1, -0.05) is 40.2 Å². The summed E-state index contributed by atoms with van der Waals surface area (Å²) in [6.45, 7) is 3.07. The number of aromatic nitrogens is 2. The van der Waals surface area contributed by atoms with Crippen LogP contribution >= 0.6 is 15.9 Å². The number of benzene rings is 2. The van der Waals surface area contributed by atoms with Gasteiger partial charge in [-0.2, -0.15) is 5.10 Å². The molecule has 4 heteroatoms. The van der Waals surface area contributed by atoms with Gasteiger partial charge in [0, 0.05) is 41.8 Å². The van der Waals surface area contributed by atoms with Crippen molar-refractivity contribution in [3.8, 4) is 0 Å². The van der Waals surface area contributed by atoms with E-state index in [-0.39, 0.29) is 0 Å². The normalized spacial score (nSPS) is 15.3. The molecule has 0 fully saturated rings. The molecule has 4 rings (SSSR count). The van der Waals surface area contributed by atoms with Crippen molar-refractivity contribution >= 4 is 26.7 Å². The van der Waals surface area contributed by atoms with Crippen LogP contribution in [0.15, 0.2) is 47.1 Å². The minimum atomic E-state index is 0.988. The lowest BCUT2D eigenvalue weighted by atomic mass is 10.0. The van der Waals surface area contributed by atoms with Gasteiger partial charge in [0.25, 0.3) is 0 Å². The summed E-state index contributed by atoms with van der Waals surface area (Å²) in [5.74, 6) is 0. The van der Waals surface area contributed by atoms with E-state index in [0.29, 0.717) is 0 Å². The van der Waals surface area contributed by atoms with Crippen molar-refractivity contribution in [3.63, 3.8) is 0 Å². The van der Waals surface area contributed by atoms with Crippen molar-refractivity contribution in [3.05, 3.63) is 63.9 Å². The fourth-order valence-electron chi connectivity index (χ4n) is 3.07. The SMILES string of the molecule is Brc1cccc2cc(CN3CCc4[nH]ncc4C3)ccc12. The number of nitrogens with zero attached hydrogens (tertiary/aromatic N) is 2. The van der Waals surface area contributed by atoms with Crippen LogP contribution in [0.1, 0.15) is 16.8 Å². The maximum atomic E-state index is 4.14. The van der Waals surface area contributed by atoms with E-state index >= 15 is 0 Å². The van der Waals surface area contributed by atoms with Crippen molar-refractivity contribution in [1.82, 2.24) is 15.1 Å². The van der Waals surface area contributed by atoms with Gasteiger partial charge in [-0.3, -0.25) is 10.00 Å². The molecule has 0 unspecified atom stereocenters. The highest BCUT2D eigenvalue weighted by Crippen LogP contribution is 2.26. The van der Waals surface area contributed by atoms with Crippen molar-refractivity contribution in [2.24, 2.45) is 0 Å². The lowest BCUT2D eigenvalue weighted by Crippen LogP contribution is -2.29. The molecule has 1 N–H and O–H groups in total. The minimum Gasteiger partial charge on any atom is -0.294 e. The molecule has 0 spiro atoms. The van der Waals surface area contributed by atoms with E-state index in [2.05, 4.69) is 67.4 Å². The highest BCUT2D eigenvalue weighted by Gasteiger charge is 2.17. The number of nitrogens with one attached hydrogen (secondary N) is 1. The van der Waals surface area contributed by atoms with Crippen LogP contribution in [0.3, 0.4) is 0 Å². The van der Waals surface area contributed by atoms with Crippen LogP contribution in [-0.2, 0) is 19.5 Å². The van der Waals surface area contributed by atoms with Gasteiger partial charge in [-0.15, -0.1) is 0 Å². The van der Waals surface area contributed by atoms with E-state index in [4.69, 9.17) is 0 Å². The predicted molar refractivity (Wildman–Crippen MR) is 88.1 cm³/mol. The first-order valence-electron chi connectivity index (χ1n) is 7.20. The molecule has 1 aliphatic heterocycles. The fraction of sp³-hybridized carbons (Fsp3) is 0.235. The van der Waals surface area contributed by atoms with Crippen LogP contribution in [-0.4, -0.2) is 21.6 Å². The lowest BCUT2D eigenvalue weighted by molar-refractivity contribution is 0.245. The largest absolute Gasteiger partial charge is 0.294 e. The zero-order valence-electron chi connectivity index (χ0n) is 11.6. The maximum Gasteiger partial charge on any atom is 0.0535 e. The second-order valence-corrected chi connectivity index (χ2v) is 6.48. The highest BCUT2D eigenvalue weighted by atomic mass is 79.9. The Labute approximate surface area is 132 Å². The third-order valence-corrected chi connectivity index (χ3v) is 4.87. The summed E-state index contributed by atoms with van der Waals surface area (Å²) in [6, 6.07) is 13.1. The maximum absolute atomic E-state index is 4.14. The zero-order chi connectivity index (χ0) is 14.2. The predicted octanol–water partition coefficient (Wildman–Crippen LogP) is 3.88. The number of halogens is 1. The number of fused-ring (bicyclic) bond motifs is 2. The Bertz CT molecular complexity index is 794. The Hall–Kier alpha value is -1.65. The summed E-state index contributed by atoms with van der Waals surface area (Å²) in [4.78, 5) is 2.48. The Morgan fingerprint density at radius 2 is 2.19 bits per heavy atom. The summed E-state index contributed by atoms with van der Waals surface area (Å²) >= 11 is 3.61. The molecular formula is C17H16BrN3. The monoisotopic (exact) mass is 341 g/mol. The van der Waals surface area contributed by atoms with Gasteiger partial charge in [0.15, 0.2) is 0 Å². The van der Waals surface area contributed by atoms with Crippen LogP contribution < -0.4 is 0 Å². The molecule has 106 valence electrons. The van der Waals surface area contributed by atoms with E-state index in [1.54, 1.807) is 0 Å². The number of aromatic amines is 1. The lowest BCUT2D eigenvalue weighted by Gasteiger charge is -2.26. The van der Waals surface area contributed by atoms with Crippen molar-refractivity contribution in [2.45, 2.75) is 19.5 Å². The van der Waals surface area contributed by atoms with Crippen LogP contribution in [0.4, 0.5) is 0 Å². The average Bonchev–Trinajstić information content (AvgIpc) is 2.95. The van der Waals surface area contributed by atoms with Crippen LogP contribution in [0.2, 0.25) is 0 Å². The third kappa shape index (κ3) is 2.49. The van der Waals surface area contributed by atoms with Gasteiger partial charge in [0.05, 0.1) is 6.20 Å². The molecule has 3 nitrogen and oxygen atoms in total. The standard InChI is InChI=1S/C17H16BrN3/c18-16-3-1-2-13-8-12(4-5-15(13)16)10-21-7-6-17-14(11-21)9-19-20-17/h1-5,8-9H,6-7,10-11H2,(H,19,20). The number of H-pyrrole nitrogens is 1. The molecule has 0 atom stereocenters. The smallest absolute Gasteiger partial charge is 0.0535 e. The first-order valence-corrected chi connectivity index (χ1v) is 7.99. The molecule has 1 aromatic heterocycles. The summed E-state index contributed by atoms with van der Waals surface area (Å²) in [7, 11) is 0. The quantitative estimate of drug-likeness (QED) is 0.766. The molecule has 0 radical (unpaired) electrons. The van der Waals surface area contributed by atoms with Crippen molar-refractivity contribution < 1.29 is 0 Å². The van der Waals surface area contributed by atoms with E-state index in [0.717, 1.165) is 30.5 Å². The molecule has 0 amide bonds. The molecule has 3 aromatic rings. The van der Waals surface area contributed by atoms with E-state index < -0.39 is 0 Å². The van der Waals surface area contributed by atoms with Gasteiger partial charge in [-0.05, 0) is 28.5 Å². The molecule has 0 saturated heterocycles. The molecule has 2 aromatic carbocycles. The Morgan fingerprint density at radius 3 is 3.14 bits per heavy atom. The second-order valence-electron chi connectivity index (χ2n) is 5.63. The molecule has 0 aliphatic carbocycles. The Balaban J connectivity index is 1.58. The average molecular weight is 342 g/mol. The van der Waals surface area contributed by atoms with Gasteiger partial charge in [-0.25, -0.2) is 0 Å². The Kier molecular flexibility index (Phi) is 3.28. The first-order chi connectivity index (χ1) is 10.3. The topological polar surface area (TPSA) is 31.9 Å². The molecular weight excluding hydrogens is 326 g/mol. The number of hydrogen-bond donors (Lipinski definition) is 1. The van der Waals surface area contributed by atoms with Gasteiger partial charge in [0.2, 0.25) is 0 Å². The van der Waals surface area contributed by atoms with Crippen LogP contribution in [0.5, 0.6) is 0 Å². The van der Waals surface area contributed by atoms with Crippen LogP contribution in [0, 0.1) is 0 Å². The zero-order valence-corrected chi connectivity index (χ0v) is 13.2. The van der Waals surface area contributed by atoms with Gasteiger partial charge >= 0.3 is 0 Å². The summed E-state index contributed by atoms with van der Waals surface area (Å²) < 4.78 is 1.16. The highest BCUT2D eigenvalue weighted by molar-refractivity contribution is 9.10. The Morgan fingerprint density at radius 1 is 1.24 bits per heavy atom. The summed E-state index contributed by atoms with van der Waals surface area (Å²) in [5.41, 5.74) is 4.01. The van der Waals surface area contributed by atoms with E-state index in [9.17, 15) is 0 Å². The van der Waals surface area contributed by atoms with Crippen molar-refractivity contribution in [2.75, 3.05) is 6.54 Å². The summed E-state index contributed by atoms with van der Waals surface area (Å²) in [6.07, 6.45) is 3.02. The third-order valence-electron chi connectivity index (χ3n) is 4.18. The minimum absolute atomic E-state index is 0.988. The molecule has 0 bridgehead atoms. The molecule has 1 aliphatic rings. The number of hydrogen-bond acceptors (Lipinski definition) is 2. The molecule has 21 heavy (non-hydrogen) atoms. The second kappa shape index (κ2) is 5.28. The van der Waals surface area contributed by atoms with Crippen LogP contribution in [0.25, 0.3) is 10.8 Å². The van der Waals surface area contributed by atoms with Gasteiger partial charge < -0.3 is 0 Å². The van der Waals surface area contributed by atoms with Gasteiger partial charge in [0.1, 0.15) is 0 Å². The fourth-order valence-corrected chi connectivity index (χ4v) is 3.58. The van der Waals surface area contributed by atoms with Crippen molar-refractivity contribution in [1.29, 1.82) is 0 Å². The first kappa shape index (κ1) is 13.0. The van der Waals surface area contributed by atoms with E-state index in [1.807, 2.05) is 6.20 Å².